The zero-order chi connectivity index (χ0) is 26.2. The molecule has 2 fully saturated rings. The maximum absolute atomic E-state index is 14.6. The van der Waals surface area contributed by atoms with Gasteiger partial charge in [0.1, 0.15) is 18.7 Å². The van der Waals surface area contributed by atoms with Gasteiger partial charge in [0.2, 0.25) is 0 Å². The minimum Gasteiger partial charge on any atom is -0.493 e. The van der Waals surface area contributed by atoms with Gasteiger partial charge in [0.25, 0.3) is 5.91 Å². The Morgan fingerprint density at radius 3 is 2.76 bits per heavy atom. The summed E-state index contributed by atoms with van der Waals surface area (Å²) in [4.78, 5) is 21.1. The number of nitrogens with two attached hydrogens (primary N) is 1. The number of benzene rings is 2. The Hall–Kier alpha value is -3.21. The van der Waals surface area contributed by atoms with E-state index in [0.717, 1.165) is 12.8 Å². The number of likely N-dealkylation sites (N-methyl/N-ethyl adjacent to an activating group) is 1. The normalized spacial score (nSPS) is 24.2. The van der Waals surface area contributed by atoms with Gasteiger partial charge in [0.15, 0.2) is 29.5 Å². The van der Waals surface area contributed by atoms with Crippen molar-refractivity contribution < 1.29 is 27.9 Å². The number of quaternary nitrogens is 1. The van der Waals surface area contributed by atoms with Crippen LogP contribution in [0, 0.1) is 5.82 Å². The number of ether oxygens (including phenoxy) is 3. The van der Waals surface area contributed by atoms with Crippen molar-refractivity contribution in [3.8, 4) is 11.5 Å². The smallest absolute Gasteiger partial charge is 0.275 e. The molecule has 0 radical (unpaired) electrons. The van der Waals surface area contributed by atoms with E-state index in [2.05, 4.69) is 22.3 Å². The molecule has 9 nitrogen and oxygen atoms in total. The monoisotopic (exact) mass is 530 g/mol. The van der Waals surface area contributed by atoms with Crippen molar-refractivity contribution >= 4 is 39.9 Å². The van der Waals surface area contributed by atoms with Crippen LogP contribution in [0.15, 0.2) is 36.7 Å². The van der Waals surface area contributed by atoms with Crippen molar-refractivity contribution in [2.45, 2.75) is 37.5 Å². The number of rotatable bonds is 7. The first-order valence-electron chi connectivity index (χ1n) is 12.2. The molecule has 0 aliphatic carbocycles. The van der Waals surface area contributed by atoms with E-state index in [1.807, 2.05) is 0 Å². The zero-order valence-corrected chi connectivity index (χ0v) is 21.5. The number of carbonyl (C=O) groups excluding carboxylic acids is 1. The Labute approximate surface area is 219 Å². The Kier molecular flexibility index (Phi) is 7.06. The summed E-state index contributed by atoms with van der Waals surface area (Å²) < 4.78 is 32.7. The Bertz CT molecular complexity index is 1320. The summed E-state index contributed by atoms with van der Waals surface area (Å²) in [7, 11) is 3.64. The molecule has 2 aliphatic rings. The quantitative estimate of drug-likeness (QED) is 0.447. The van der Waals surface area contributed by atoms with Crippen LogP contribution in [-0.4, -0.2) is 72.5 Å². The van der Waals surface area contributed by atoms with Crippen molar-refractivity contribution in [1.82, 2.24) is 9.97 Å². The average molecular weight is 531 g/mol. The Morgan fingerprint density at radius 2 is 2.03 bits per heavy atom. The number of halogens is 2. The summed E-state index contributed by atoms with van der Waals surface area (Å²) in [6, 6.07) is 8.14. The van der Waals surface area contributed by atoms with Gasteiger partial charge in [-0.15, -0.1) is 0 Å². The number of amides is 1. The largest absolute Gasteiger partial charge is 0.493 e. The predicted octanol–water partition coefficient (Wildman–Crippen LogP) is 3.81. The lowest BCUT2D eigenvalue weighted by atomic mass is 10.0. The number of carbonyl (C=O) groups is 1. The summed E-state index contributed by atoms with van der Waals surface area (Å²) in [5.74, 6) is 0.466. The highest BCUT2D eigenvalue weighted by molar-refractivity contribution is 6.31. The van der Waals surface area contributed by atoms with Gasteiger partial charge in [0.05, 0.1) is 56.1 Å². The number of likely N-dealkylation sites (tertiary alicyclic amines) is 1. The van der Waals surface area contributed by atoms with Crippen LogP contribution in [0.4, 0.5) is 15.9 Å². The van der Waals surface area contributed by atoms with Gasteiger partial charge in [-0.05, 0) is 18.2 Å². The van der Waals surface area contributed by atoms with E-state index in [9.17, 15) is 9.18 Å². The molecule has 37 heavy (non-hydrogen) atoms. The highest BCUT2D eigenvalue weighted by Gasteiger charge is 2.52. The third-order valence-electron chi connectivity index (χ3n) is 7.57. The zero-order valence-electron chi connectivity index (χ0n) is 20.7. The first-order chi connectivity index (χ1) is 17.8. The fourth-order valence-corrected chi connectivity index (χ4v) is 5.80. The second-order valence-corrected chi connectivity index (χ2v) is 10.1. The van der Waals surface area contributed by atoms with E-state index in [1.54, 1.807) is 31.4 Å². The maximum Gasteiger partial charge on any atom is 0.275 e. The van der Waals surface area contributed by atoms with Crippen LogP contribution in [-0.2, 0) is 9.53 Å². The van der Waals surface area contributed by atoms with Gasteiger partial charge < -0.3 is 29.7 Å². The lowest BCUT2D eigenvalue weighted by Crippen LogP contribution is -2.61. The number of hydrogen-bond donors (Lipinski definition) is 2. The average Bonchev–Trinajstić information content (AvgIpc) is 3.24. The molecule has 1 unspecified atom stereocenters. The van der Waals surface area contributed by atoms with Gasteiger partial charge >= 0.3 is 0 Å². The number of nitrogens with one attached hydrogen (secondary N) is 1. The van der Waals surface area contributed by atoms with E-state index in [0.29, 0.717) is 58.9 Å². The fourth-order valence-electron chi connectivity index (χ4n) is 5.62. The van der Waals surface area contributed by atoms with Crippen molar-refractivity contribution in [2.24, 2.45) is 5.73 Å². The van der Waals surface area contributed by atoms with Gasteiger partial charge in [-0.1, -0.05) is 17.7 Å². The van der Waals surface area contributed by atoms with E-state index in [-0.39, 0.29) is 34.8 Å². The highest BCUT2D eigenvalue weighted by atomic mass is 35.5. The first kappa shape index (κ1) is 25.4. The first-order valence-corrected chi connectivity index (χ1v) is 12.6. The maximum atomic E-state index is 14.6. The van der Waals surface area contributed by atoms with Gasteiger partial charge in [-0.25, -0.2) is 14.4 Å². The number of hydrogen-bond acceptors (Lipinski definition) is 7. The number of methoxy groups -OCH3 is 1. The number of anilines is 2. The minimum atomic E-state index is -0.575. The van der Waals surface area contributed by atoms with Crippen LogP contribution >= 0.6 is 11.6 Å². The molecule has 5 rings (SSSR count). The molecule has 0 spiro atoms. The molecule has 2 saturated heterocycles. The summed E-state index contributed by atoms with van der Waals surface area (Å²) in [6.07, 6.45) is 3.37. The molecule has 0 bridgehead atoms. The SMILES string of the molecule is COc1cc2ncnc(Nc3cccc(Cl)c3F)c2cc1O[C@H]1C[C@@H](C(N)=O)[N+](C)(C2CCOCC2)C1. The molecule has 3 atom stereocenters. The number of primary amides is 1. The van der Waals surface area contributed by atoms with E-state index >= 15 is 0 Å². The molecular formula is C26H30ClFN5O4+. The van der Waals surface area contributed by atoms with E-state index in [4.69, 9.17) is 31.5 Å². The van der Waals surface area contributed by atoms with Gasteiger partial charge in [0, 0.05) is 24.3 Å². The van der Waals surface area contributed by atoms with Crippen molar-refractivity contribution in [3.05, 3.63) is 47.5 Å². The van der Waals surface area contributed by atoms with Gasteiger partial charge in [-0.2, -0.15) is 0 Å². The summed E-state index contributed by atoms with van der Waals surface area (Å²) in [5, 5.41) is 3.63. The summed E-state index contributed by atoms with van der Waals surface area (Å²) in [6.45, 7) is 1.98. The van der Waals surface area contributed by atoms with E-state index in [1.165, 1.54) is 12.4 Å². The van der Waals surface area contributed by atoms with Crippen LogP contribution in [0.5, 0.6) is 11.5 Å². The van der Waals surface area contributed by atoms with Crippen LogP contribution in [0.1, 0.15) is 19.3 Å². The molecule has 2 aliphatic heterocycles. The molecule has 2 aromatic carbocycles. The second-order valence-electron chi connectivity index (χ2n) is 9.74. The van der Waals surface area contributed by atoms with E-state index < -0.39 is 5.82 Å². The van der Waals surface area contributed by atoms with Crippen molar-refractivity contribution in [1.29, 1.82) is 0 Å². The molecule has 0 saturated carbocycles. The number of nitrogens with zero attached hydrogens (tertiary/aromatic N) is 3. The molecule has 196 valence electrons. The Morgan fingerprint density at radius 1 is 1.24 bits per heavy atom. The van der Waals surface area contributed by atoms with Crippen LogP contribution in [0.3, 0.4) is 0 Å². The molecular weight excluding hydrogens is 501 g/mol. The molecule has 3 N–H and O–H groups in total. The standard InChI is InChI=1S/C26H29ClFN5O4/c1-33(15-6-8-36-9-7-15)13-16(10-21(33)25(29)34)37-23-11-17-20(12-22(23)35-2)30-14-31-26(17)32-19-5-3-4-18(27)24(19)28/h3-5,11-12,14-16,21H,6-10,13H2,1-2H3,(H2-,29,30,31,32,34)/p+1/t16-,21-,33?/m0/s1. The topological polar surface area (TPSA) is 109 Å². The molecule has 1 amide bonds. The molecule has 3 heterocycles. The van der Waals surface area contributed by atoms with Crippen molar-refractivity contribution in [2.75, 3.05) is 39.2 Å². The predicted molar refractivity (Wildman–Crippen MR) is 138 cm³/mol. The molecule has 11 heteroatoms. The minimum absolute atomic E-state index is 0.00462. The van der Waals surface area contributed by atoms with Crippen molar-refractivity contribution in [3.63, 3.8) is 0 Å². The number of fused-ring (bicyclic) bond motifs is 1. The second kappa shape index (κ2) is 10.3. The molecule has 1 aromatic heterocycles. The third-order valence-corrected chi connectivity index (χ3v) is 7.86. The fraction of sp³-hybridized carbons (Fsp3) is 0.423. The number of aromatic nitrogens is 2. The third kappa shape index (κ3) is 4.88. The summed E-state index contributed by atoms with van der Waals surface area (Å²) in [5.41, 5.74) is 6.63. The van der Waals surface area contributed by atoms with Crippen LogP contribution in [0.2, 0.25) is 5.02 Å². The Balaban J connectivity index is 1.46. The van der Waals surface area contributed by atoms with Crippen LogP contribution < -0.4 is 20.5 Å². The van der Waals surface area contributed by atoms with Gasteiger partial charge in [-0.3, -0.25) is 4.79 Å². The van der Waals surface area contributed by atoms with Crippen LogP contribution in [0.25, 0.3) is 10.9 Å². The highest BCUT2D eigenvalue weighted by Crippen LogP contribution is 2.39. The lowest BCUT2D eigenvalue weighted by molar-refractivity contribution is -0.938. The molecule has 3 aromatic rings. The lowest BCUT2D eigenvalue weighted by Gasteiger charge is -2.43. The summed E-state index contributed by atoms with van der Waals surface area (Å²) >= 11 is 5.95.